The number of aromatic nitrogens is 1. The summed E-state index contributed by atoms with van der Waals surface area (Å²) in [5, 5.41) is 0. The van der Waals surface area contributed by atoms with Gasteiger partial charge in [0.25, 0.3) is 10.1 Å². The van der Waals surface area contributed by atoms with Crippen molar-refractivity contribution in [3.8, 4) is 0 Å². The van der Waals surface area contributed by atoms with Gasteiger partial charge < -0.3 is 4.74 Å². The van der Waals surface area contributed by atoms with Crippen LogP contribution in [0, 0.1) is 0 Å². The summed E-state index contributed by atoms with van der Waals surface area (Å²) in [7, 11) is -3.79. The summed E-state index contributed by atoms with van der Waals surface area (Å²) >= 11 is 0. The van der Waals surface area contributed by atoms with E-state index in [1.807, 2.05) is 0 Å². The highest BCUT2D eigenvalue weighted by atomic mass is 32.2. The van der Waals surface area contributed by atoms with Crippen LogP contribution in [0.2, 0.25) is 0 Å². The Bertz CT molecular complexity index is 595. The van der Waals surface area contributed by atoms with Crippen molar-refractivity contribution in [1.29, 1.82) is 0 Å². The molecule has 0 spiro atoms. The molecular weight excluding hydrogens is 282 g/mol. The summed E-state index contributed by atoms with van der Waals surface area (Å²) in [5.74, 6) is -0.445. The lowest BCUT2D eigenvalue weighted by Crippen LogP contribution is -2.23. The van der Waals surface area contributed by atoms with E-state index in [-0.39, 0.29) is 12.5 Å². The van der Waals surface area contributed by atoms with Crippen molar-refractivity contribution >= 4 is 16.1 Å². The van der Waals surface area contributed by atoms with Crippen molar-refractivity contribution in [3.05, 3.63) is 29.6 Å². The summed E-state index contributed by atoms with van der Waals surface area (Å²) < 4.78 is 32.6. The normalized spacial score (nSPS) is 16.7. The van der Waals surface area contributed by atoms with Crippen LogP contribution < -0.4 is 0 Å². The second kappa shape index (κ2) is 5.88. The lowest BCUT2D eigenvalue weighted by atomic mass is 10.0. The first-order chi connectivity index (χ1) is 9.42. The average Bonchev–Trinajstić information content (AvgIpc) is 3.19. The Morgan fingerprint density at radius 1 is 1.50 bits per heavy atom. The molecule has 2 rings (SSSR count). The van der Waals surface area contributed by atoms with Gasteiger partial charge in [-0.05, 0) is 25.8 Å². The molecule has 0 amide bonds. The average molecular weight is 299 g/mol. The molecule has 1 aromatic rings. The molecule has 1 saturated carbocycles. The monoisotopic (exact) mass is 299 g/mol. The number of esters is 1. The van der Waals surface area contributed by atoms with Gasteiger partial charge in [0.05, 0.1) is 12.9 Å². The number of hydrogen-bond acceptors (Lipinski definition) is 6. The van der Waals surface area contributed by atoms with Gasteiger partial charge in [-0.2, -0.15) is 8.42 Å². The van der Waals surface area contributed by atoms with Crippen LogP contribution in [-0.4, -0.2) is 32.2 Å². The van der Waals surface area contributed by atoms with Crippen LogP contribution in [0.15, 0.2) is 18.3 Å². The second-order valence-corrected chi connectivity index (χ2v) is 6.29. The molecule has 0 N–H and O–H groups in total. The van der Waals surface area contributed by atoms with Gasteiger partial charge in [-0.3, -0.25) is 4.98 Å². The van der Waals surface area contributed by atoms with Crippen LogP contribution in [0.1, 0.15) is 43.0 Å². The molecule has 0 saturated heterocycles. The highest BCUT2D eigenvalue weighted by Crippen LogP contribution is 2.42. The third-order valence-corrected chi connectivity index (χ3v) is 3.43. The zero-order valence-electron chi connectivity index (χ0n) is 11.4. The van der Waals surface area contributed by atoms with Gasteiger partial charge in [0.1, 0.15) is 0 Å². The first-order valence-corrected chi connectivity index (χ1v) is 8.23. The fourth-order valence-electron chi connectivity index (χ4n) is 1.96. The summed E-state index contributed by atoms with van der Waals surface area (Å²) in [6.07, 6.45) is 3.22. The lowest BCUT2D eigenvalue weighted by Gasteiger charge is -2.17. The quantitative estimate of drug-likeness (QED) is 0.585. The second-order valence-electron chi connectivity index (χ2n) is 4.68. The minimum Gasteiger partial charge on any atom is -0.464 e. The third-order valence-electron chi connectivity index (χ3n) is 2.89. The van der Waals surface area contributed by atoms with E-state index in [9.17, 15) is 13.2 Å². The Labute approximate surface area is 118 Å². The molecule has 1 aromatic heterocycles. The maximum Gasteiger partial charge on any atom is 0.341 e. The predicted octanol–water partition coefficient (Wildman–Crippen LogP) is 1.54. The van der Waals surface area contributed by atoms with E-state index in [2.05, 4.69) is 4.98 Å². The predicted molar refractivity (Wildman–Crippen MR) is 71.5 cm³/mol. The first kappa shape index (κ1) is 14.9. The van der Waals surface area contributed by atoms with Crippen molar-refractivity contribution in [3.63, 3.8) is 0 Å². The number of pyridine rings is 1. The van der Waals surface area contributed by atoms with Gasteiger partial charge in [0, 0.05) is 23.4 Å². The van der Waals surface area contributed by atoms with Gasteiger partial charge >= 0.3 is 5.97 Å². The molecular formula is C13H17NO5S. The van der Waals surface area contributed by atoms with E-state index in [1.165, 1.54) is 0 Å². The van der Waals surface area contributed by atoms with Crippen LogP contribution in [0.4, 0.5) is 0 Å². The lowest BCUT2D eigenvalue weighted by molar-refractivity contribution is -0.151. The number of carbonyl (C=O) groups is 1. The topological polar surface area (TPSA) is 82.6 Å². The zero-order valence-corrected chi connectivity index (χ0v) is 12.2. The zero-order chi connectivity index (χ0) is 14.8. The van der Waals surface area contributed by atoms with Crippen molar-refractivity contribution in [2.45, 2.75) is 31.8 Å². The van der Waals surface area contributed by atoms with E-state index in [0.29, 0.717) is 11.3 Å². The SMILES string of the molecule is CCOC(=O)C(OS(C)(=O)=O)c1cccnc1C1CC1. The largest absolute Gasteiger partial charge is 0.464 e. The number of hydrogen-bond donors (Lipinski definition) is 0. The minimum atomic E-state index is -3.79. The Morgan fingerprint density at radius 2 is 2.20 bits per heavy atom. The molecule has 0 aliphatic heterocycles. The molecule has 110 valence electrons. The highest BCUT2D eigenvalue weighted by Gasteiger charge is 2.35. The molecule has 1 unspecified atom stereocenters. The molecule has 7 heteroatoms. The molecule has 1 aliphatic rings. The van der Waals surface area contributed by atoms with Gasteiger partial charge in [0.2, 0.25) is 6.10 Å². The van der Waals surface area contributed by atoms with E-state index in [1.54, 1.807) is 25.3 Å². The van der Waals surface area contributed by atoms with Gasteiger partial charge in [0.15, 0.2) is 0 Å². The number of ether oxygens (including phenoxy) is 1. The van der Waals surface area contributed by atoms with Crippen LogP contribution in [0.3, 0.4) is 0 Å². The Balaban J connectivity index is 2.37. The smallest absolute Gasteiger partial charge is 0.341 e. The number of rotatable bonds is 6. The fourth-order valence-corrected chi connectivity index (χ4v) is 2.49. The fraction of sp³-hybridized carbons (Fsp3) is 0.538. The van der Waals surface area contributed by atoms with Crippen molar-refractivity contribution in [2.24, 2.45) is 0 Å². The van der Waals surface area contributed by atoms with E-state index < -0.39 is 22.2 Å². The molecule has 0 aromatic carbocycles. The standard InChI is InChI=1S/C13H17NO5S/c1-3-18-13(15)12(19-20(2,16)17)10-5-4-8-14-11(10)9-6-7-9/h4-5,8-9,12H,3,6-7H2,1-2H3. The molecule has 0 bridgehead atoms. The van der Waals surface area contributed by atoms with Gasteiger partial charge in [-0.15, -0.1) is 0 Å². The summed E-state index contributed by atoms with van der Waals surface area (Å²) in [6, 6.07) is 3.31. The van der Waals surface area contributed by atoms with Crippen LogP contribution in [0.25, 0.3) is 0 Å². The first-order valence-electron chi connectivity index (χ1n) is 6.42. The summed E-state index contributed by atoms with van der Waals surface area (Å²) in [4.78, 5) is 16.2. The highest BCUT2D eigenvalue weighted by molar-refractivity contribution is 7.86. The molecule has 20 heavy (non-hydrogen) atoms. The molecule has 1 heterocycles. The third kappa shape index (κ3) is 3.77. The number of nitrogens with zero attached hydrogens (tertiary/aromatic N) is 1. The van der Waals surface area contributed by atoms with Crippen molar-refractivity contribution < 1.29 is 22.1 Å². The molecule has 1 fully saturated rings. The van der Waals surface area contributed by atoms with Gasteiger partial charge in [-0.1, -0.05) is 6.07 Å². The molecule has 6 nitrogen and oxygen atoms in total. The van der Waals surface area contributed by atoms with Crippen molar-refractivity contribution in [1.82, 2.24) is 4.98 Å². The Kier molecular flexibility index (Phi) is 4.39. The summed E-state index contributed by atoms with van der Waals surface area (Å²) in [5.41, 5.74) is 1.19. The van der Waals surface area contributed by atoms with E-state index in [0.717, 1.165) is 19.1 Å². The Morgan fingerprint density at radius 3 is 2.75 bits per heavy atom. The molecule has 0 radical (unpaired) electrons. The van der Waals surface area contributed by atoms with E-state index in [4.69, 9.17) is 8.92 Å². The maximum absolute atomic E-state index is 12.0. The maximum atomic E-state index is 12.0. The van der Waals surface area contributed by atoms with Crippen molar-refractivity contribution in [2.75, 3.05) is 12.9 Å². The van der Waals surface area contributed by atoms with E-state index >= 15 is 0 Å². The van der Waals surface area contributed by atoms with Gasteiger partial charge in [-0.25, -0.2) is 8.98 Å². The Hall–Kier alpha value is -1.47. The number of carbonyl (C=O) groups excluding carboxylic acids is 1. The molecule has 1 atom stereocenters. The van der Waals surface area contributed by atoms with Crippen LogP contribution in [-0.2, 0) is 23.8 Å². The summed E-state index contributed by atoms with van der Waals surface area (Å²) in [6.45, 7) is 1.81. The van der Waals surface area contributed by atoms with Crippen LogP contribution >= 0.6 is 0 Å². The van der Waals surface area contributed by atoms with Crippen LogP contribution in [0.5, 0.6) is 0 Å². The molecule has 1 aliphatic carbocycles. The minimum absolute atomic E-state index is 0.154.